The van der Waals surface area contributed by atoms with Gasteiger partial charge in [-0.15, -0.1) is 0 Å². The van der Waals surface area contributed by atoms with Crippen molar-refractivity contribution in [1.82, 2.24) is 5.32 Å². The highest BCUT2D eigenvalue weighted by atomic mass is 16.3. The SMILES string of the molecule is CC(CCO)C1CC(C)(C)NC(C)(C)C1. The lowest BCUT2D eigenvalue weighted by atomic mass is 9.70. The lowest BCUT2D eigenvalue weighted by Crippen LogP contribution is -2.58. The topological polar surface area (TPSA) is 32.3 Å². The first kappa shape index (κ1) is 13.0. The second kappa shape index (κ2) is 4.42. The Morgan fingerprint density at radius 3 is 2.07 bits per heavy atom. The van der Waals surface area contributed by atoms with Crippen LogP contribution in [0.5, 0.6) is 0 Å². The Kier molecular flexibility index (Phi) is 3.83. The van der Waals surface area contributed by atoms with Crippen LogP contribution in [0.2, 0.25) is 0 Å². The fourth-order valence-corrected chi connectivity index (χ4v) is 3.24. The molecule has 0 spiro atoms. The molecular weight excluding hydrogens is 186 g/mol. The zero-order chi connectivity index (χ0) is 11.7. The minimum atomic E-state index is 0.232. The van der Waals surface area contributed by atoms with Crippen molar-refractivity contribution < 1.29 is 5.11 Å². The average molecular weight is 213 g/mol. The first-order valence-electron chi connectivity index (χ1n) is 6.16. The number of aliphatic hydroxyl groups excluding tert-OH is 1. The predicted octanol–water partition coefficient (Wildman–Crippen LogP) is 2.56. The first-order chi connectivity index (χ1) is 6.76. The van der Waals surface area contributed by atoms with Crippen LogP contribution in [0.4, 0.5) is 0 Å². The molecule has 2 N–H and O–H groups in total. The van der Waals surface area contributed by atoms with Gasteiger partial charge in [-0.2, -0.15) is 0 Å². The fraction of sp³-hybridized carbons (Fsp3) is 1.00. The quantitative estimate of drug-likeness (QED) is 0.755. The third-order valence-electron chi connectivity index (χ3n) is 3.61. The van der Waals surface area contributed by atoms with E-state index in [1.807, 2.05) is 0 Å². The molecule has 1 rings (SSSR count). The van der Waals surface area contributed by atoms with E-state index in [9.17, 15) is 0 Å². The number of hydrogen-bond acceptors (Lipinski definition) is 2. The van der Waals surface area contributed by atoms with Gasteiger partial charge in [-0.3, -0.25) is 0 Å². The third-order valence-corrected chi connectivity index (χ3v) is 3.61. The maximum absolute atomic E-state index is 9.01. The maximum Gasteiger partial charge on any atom is 0.0433 e. The Hall–Kier alpha value is -0.0800. The van der Waals surface area contributed by atoms with Crippen LogP contribution < -0.4 is 5.32 Å². The molecule has 1 fully saturated rings. The van der Waals surface area contributed by atoms with Crippen molar-refractivity contribution in [2.45, 2.75) is 65.0 Å². The van der Waals surface area contributed by atoms with Crippen molar-refractivity contribution in [2.75, 3.05) is 6.61 Å². The van der Waals surface area contributed by atoms with Gasteiger partial charge in [0.05, 0.1) is 0 Å². The molecule has 90 valence electrons. The van der Waals surface area contributed by atoms with Gasteiger partial charge < -0.3 is 10.4 Å². The van der Waals surface area contributed by atoms with Crippen molar-refractivity contribution in [1.29, 1.82) is 0 Å². The van der Waals surface area contributed by atoms with Crippen LogP contribution in [0.1, 0.15) is 53.9 Å². The number of hydrogen-bond donors (Lipinski definition) is 2. The molecule has 2 heteroatoms. The summed E-state index contributed by atoms with van der Waals surface area (Å²) >= 11 is 0. The average Bonchev–Trinajstić information content (AvgIpc) is 1.98. The highest BCUT2D eigenvalue weighted by molar-refractivity contribution is 4.97. The van der Waals surface area contributed by atoms with Crippen molar-refractivity contribution in [3.8, 4) is 0 Å². The largest absolute Gasteiger partial charge is 0.396 e. The first-order valence-corrected chi connectivity index (χ1v) is 6.16. The van der Waals surface area contributed by atoms with Crippen molar-refractivity contribution >= 4 is 0 Å². The molecule has 1 aliphatic heterocycles. The summed E-state index contributed by atoms with van der Waals surface area (Å²) in [5.41, 5.74) is 0.465. The summed E-state index contributed by atoms with van der Waals surface area (Å²) in [6.07, 6.45) is 3.38. The highest BCUT2D eigenvalue weighted by Gasteiger charge is 2.39. The van der Waals surface area contributed by atoms with Crippen molar-refractivity contribution in [3.05, 3.63) is 0 Å². The van der Waals surface area contributed by atoms with Gasteiger partial charge >= 0.3 is 0 Å². The summed E-state index contributed by atoms with van der Waals surface area (Å²) in [5.74, 6) is 1.37. The van der Waals surface area contributed by atoms with Gasteiger partial charge in [-0.25, -0.2) is 0 Å². The molecule has 0 bridgehead atoms. The molecule has 1 heterocycles. The van der Waals surface area contributed by atoms with Crippen LogP contribution in [0.3, 0.4) is 0 Å². The van der Waals surface area contributed by atoms with Crippen LogP contribution in [0.25, 0.3) is 0 Å². The van der Waals surface area contributed by atoms with Crippen molar-refractivity contribution in [3.63, 3.8) is 0 Å². The second-order valence-electron chi connectivity index (χ2n) is 6.55. The molecule has 1 atom stereocenters. The number of aliphatic hydroxyl groups is 1. The Labute approximate surface area is 94.5 Å². The van der Waals surface area contributed by atoms with Crippen LogP contribution >= 0.6 is 0 Å². The highest BCUT2D eigenvalue weighted by Crippen LogP contribution is 2.37. The Bertz CT molecular complexity index is 195. The molecule has 2 nitrogen and oxygen atoms in total. The minimum absolute atomic E-state index is 0.232. The van der Waals surface area contributed by atoms with E-state index in [1.165, 1.54) is 12.8 Å². The number of nitrogens with one attached hydrogen (secondary N) is 1. The summed E-state index contributed by atoms with van der Waals surface area (Å²) in [7, 11) is 0. The molecule has 1 unspecified atom stereocenters. The predicted molar refractivity (Wildman–Crippen MR) is 64.9 cm³/mol. The fourth-order valence-electron chi connectivity index (χ4n) is 3.24. The van der Waals surface area contributed by atoms with Crippen LogP contribution in [0.15, 0.2) is 0 Å². The van der Waals surface area contributed by atoms with Gasteiger partial charge in [0.2, 0.25) is 0 Å². The minimum Gasteiger partial charge on any atom is -0.396 e. The summed E-state index contributed by atoms with van der Waals surface area (Å²) < 4.78 is 0. The van der Waals surface area contributed by atoms with Crippen LogP contribution in [-0.2, 0) is 0 Å². The lowest BCUT2D eigenvalue weighted by molar-refractivity contribution is 0.0873. The third kappa shape index (κ3) is 3.76. The normalized spacial score (nSPS) is 27.6. The molecule has 0 radical (unpaired) electrons. The summed E-state index contributed by atoms with van der Waals surface area (Å²) in [6.45, 7) is 11.7. The summed E-state index contributed by atoms with van der Waals surface area (Å²) in [4.78, 5) is 0. The maximum atomic E-state index is 9.01. The molecule has 0 amide bonds. The van der Waals surface area contributed by atoms with E-state index in [2.05, 4.69) is 39.9 Å². The van der Waals surface area contributed by atoms with Crippen molar-refractivity contribution in [2.24, 2.45) is 11.8 Å². The van der Waals surface area contributed by atoms with E-state index in [-0.39, 0.29) is 11.1 Å². The number of piperidine rings is 1. The van der Waals surface area contributed by atoms with E-state index in [1.54, 1.807) is 0 Å². The lowest BCUT2D eigenvalue weighted by Gasteiger charge is -2.48. The molecule has 15 heavy (non-hydrogen) atoms. The van der Waals surface area contributed by atoms with E-state index in [0.29, 0.717) is 12.5 Å². The van der Waals surface area contributed by atoms with Gasteiger partial charge in [-0.05, 0) is 58.8 Å². The van der Waals surface area contributed by atoms with Crippen LogP contribution in [0, 0.1) is 11.8 Å². The van der Waals surface area contributed by atoms with Gasteiger partial charge in [0, 0.05) is 17.7 Å². The molecule has 1 saturated heterocycles. The molecule has 0 aromatic carbocycles. The molecule has 0 saturated carbocycles. The Balaban J connectivity index is 2.66. The van der Waals surface area contributed by atoms with Crippen LogP contribution in [-0.4, -0.2) is 22.8 Å². The van der Waals surface area contributed by atoms with E-state index < -0.39 is 0 Å². The molecule has 0 aliphatic carbocycles. The molecule has 1 aliphatic rings. The van der Waals surface area contributed by atoms with E-state index >= 15 is 0 Å². The molecule has 0 aromatic heterocycles. The Morgan fingerprint density at radius 1 is 1.20 bits per heavy atom. The summed E-state index contributed by atoms with van der Waals surface area (Å²) in [5, 5.41) is 12.7. The van der Waals surface area contributed by atoms with Gasteiger partial charge in [-0.1, -0.05) is 6.92 Å². The Morgan fingerprint density at radius 2 is 1.67 bits per heavy atom. The van der Waals surface area contributed by atoms with E-state index in [4.69, 9.17) is 5.11 Å². The van der Waals surface area contributed by atoms with Gasteiger partial charge in [0.15, 0.2) is 0 Å². The molecular formula is C13H27NO. The van der Waals surface area contributed by atoms with Gasteiger partial charge in [0.1, 0.15) is 0 Å². The zero-order valence-corrected chi connectivity index (χ0v) is 10.9. The second-order valence-corrected chi connectivity index (χ2v) is 6.55. The monoisotopic (exact) mass is 213 g/mol. The number of rotatable bonds is 3. The standard InChI is InChI=1S/C13H27NO/c1-10(6-7-15)11-8-12(2,3)14-13(4,5)9-11/h10-11,14-15H,6-9H2,1-5H3. The molecule has 0 aromatic rings. The van der Waals surface area contributed by atoms with E-state index in [0.717, 1.165) is 12.3 Å². The van der Waals surface area contributed by atoms with Gasteiger partial charge in [0.25, 0.3) is 0 Å². The summed E-state index contributed by atoms with van der Waals surface area (Å²) in [6, 6.07) is 0. The smallest absolute Gasteiger partial charge is 0.0433 e. The zero-order valence-electron chi connectivity index (χ0n) is 10.9.